The van der Waals surface area contributed by atoms with E-state index in [0.717, 1.165) is 24.8 Å². The van der Waals surface area contributed by atoms with Crippen LogP contribution >= 0.6 is 0 Å². The molecular formula is C15H21NO. The minimum Gasteiger partial charge on any atom is -0.493 e. The van der Waals surface area contributed by atoms with E-state index in [1.54, 1.807) is 0 Å². The lowest BCUT2D eigenvalue weighted by molar-refractivity contribution is 0.286. The summed E-state index contributed by atoms with van der Waals surface area (Å²) in [6.07, 6.45) is 5.15. The molecule has 1 N–H and O–H groups in total. The van der Waals surface area contributed by atoms with Crippen LogP contribution in [0.2, 0.25) is 0 Å². The standard InChI is InChI=1S/C15H21NO/c1-15(9-4-10-16-15)13-5-2-3-6-14(13)17-11-12-7-8-12/h2-3,5-6,12,16H,4,7-11H2,1H3. The Kier molecular flexibility index (Phi) is 2.83. The van der Waals surface area contributed by atoms with Gasteiger partial charge in [0.05, 0.1) is 6.61 Å². The van der Waals surface area contributed by atoms with Crippen LogP contribution in [-0.4, -0.2) is 13.2 Å². The average molecular weight is 231 g/mol. The Morgan fingerprint density at radius 1 is 1.35 bits per heavy atom. The molecule has 1 saturated heterocycles. The summed E-state index contributed by atoms with van der Waals surface area (Å²) in [7, 11) is 0. The van der Waals surface area contributed by atoms with Gasteiger partial charge in [-0.1, -0.05) is 18.2 Å². The molecule has 1 saturated carbocycles. The molecule has 0 radical (unpaired) electrons. The first-order valence-electron chi connectivity index (χ1n) is 6.75. The second kappa shape index (κ2) is 4.34. The van der Waals surface area contributed by atoms with Gasteiger partial charge in [-0.2, -0.15) is 0 Å². The maximum absolute atomic E-state index is 6.00. The third kappa shape index (κ3) is 2.32. The lowest BCUT2D eigenvalue weighted by Gasteiger charge is -2.27. The molecule has 2 heteroatoms. The zero-order chi connectivity index (χ0) is 11.7. The molecule has 92 valence electrons. The number of ether oxygens (including phenoxy) is 1. The fourth-order valence-electron chi connectivity index (χ4n) is 2.66. The highest BCUT2D eigenvalue weighted by Crippen LogP contribution is 2.37. The first-order valence-corrected chi connectivity index (χ1v) is 6.75. The fourth-order valence-corrected chi connectivity index (χ4v) is 2.66. The molecule has 2 nitrogen and oxygen atoms in total. The second-order valence-electron chi connectivity index (χ2n) is 5.61. The molecule has 1 aromatic rings. The lowest BCUT2D eigenvalue weighted by atomic mass is 9.90. The summed E-state index contributed by atoms with van der Waals surface area (Å²) in [4.78, 5) is 0. The third-order valence-electron chi connectivity index (χ3n) is 4.02. The van der Waals surface area contributed by atoms with E-state index in [0.29, 0.717) is 0 Å². The first kappa shape index (κ1) is 11.1. The molecule has 0 amide bonds. The van der Waals surface area contributed by atoms with Crippen LogP contribution < -0.4 is 10.1 Å². The highest BCUT2D eigenvalue weighted by Gasteiger charge is 2.32. The van der Waals surface area contributed by atoms with E-state index in [4.69, 9.17) is 4.74 Å². The highest BCUT2D eigenvalue weighted by molar-refractivity contribution is 5.39. The molecule has 2 fully saturated rings. The van der Waals surface area contributed by atoms with E-state index < -0.39 is 0 Å². The van der Waals surface area contributed by atoms with Crippen molar-refractivity contribution in [1.82, 2.24) is 5.32 Å². The van der Waals surface area contributed by atoms with Gasteiger partial charge in [0.25, 0.3) is 0 Å². The summed E-state index contributed by atoms with van der Waals surface area (Å²) in [5.41, 5.74) is 1.44. The number of benzene rings is 1. The smallest absolute Gasteiger partial charge is 0.124 e. The molecule has 2 aliphatic rings. The number of para-hydroxylation sites is 1. The van der Waals surface area contributed by atoms with E-state index in [9.17, 15) is 0 Å². The summed E-state index contributed by atoms with van der Waals surface area (Å²) >= 11 is 0. The molecule has 1 aliphatic heterocycles. The van der Waals surface area contributed by atoms with Gasteiger partial charge in [0.2, 0.25) is 0 Å². The van der Waals surface area contributed by atoms with Crippen LogP contribution in [0.1, 0.15) is 38.2 Å². The molecule has 1 aromatic carbocycles. The van der Waals surface area contributed by atoms with Crippen LogP contribution in [0, 0.1) is 5.92 Å². The van der Waals surface area contributed by atoms with Gasteiger partial charge in [0, 0.05) is 11.1 Å². The number of rotatable bonds is 4. The van der Waals surface area contributed by atoms with Gasteiger partial charge in [-0.05, 0) is 51.1 Å². The van der Waals surface area contributed by atoms with Gasteiger partial charge in [-0.3, -0.25) is 0 Å². The first-order chi connectivity index (χ1) is 8.28. The molecule has 1 aliphatic carbocycles. The Bertz CT molecular complexity index is 392. The molecule has 17 heavy (non-hydrogen) atoms. The predicted octanol–water partition coefficient (Wildman–Crippen LogP) is 3.07. The van der Waals surface area contributed by atoms with E-state index >= 15 is 0 Å². The molecule has 1 atom stereocenters. The monoisotopic (exact) mass is 231 g/mol. The van der Waals surface area contributed by atoms with Crippen LogP contribution in [0.25, 0.3) is 0 Å². The summed E-state index contributed by atoms with van der Waals surface area (Å²) in [5.74, 6) is 1.89. The van der Waals surface area contributed by atoms with Gasteiger partial charge in [0.15, 0.2) is 0 Å². The Labute approximate surface area is 103 Å². The quantitative estimate of drug-likeness (QED) is 0.860. The maximum Gasteiger partial charge on any atom is 0.124 e. The Balaban J connectivity index is 1.81. The predicted molar refractivity (Wildman–Crippen MR) is 69.2 cm³/mol. The molecule has 0 spiro atoms. The highest BCUT2D eigenvalue weighted by atomic mass is 16.5. The van der Waals surface area contributed by atoms with E-state index in [1.165, 1.54) is 31.2 Å². The van der Waals surface area contributed by atoms with Gasteiger partial charge in [0.1, 0.15) is 5.75 Å². The minimum absolute atomic E-state index is 0.111. The Morgan fingerprint density at radius 3 is 2.88 bits per heavy atom. The van der Waals surface area contributed by atoms with Crippen molar-refractivity contribution < 1.29 is 4.74 Å². The van der Waals surface area contributed by atoms with Crippen molar-refractivity contribution in [1.29, 1.82) is 0 Å². The number of hydrogen-bond donors (Lipinski definition) is 1. The van der Waals surface area contributed by atoms with Crippen molar-refractivity contribution in [2.45, 2.75) is 38.1 Å². The third-order valence-corrected chi connectivity index (χ3v) is 4.02. The van der Waals surface area contributed by atoms with Gasteiger partial charge in [-0.15, -0.1) is 0 Å². The van der Waals surface area contributed by atoms with Crippen molar-refractivity contribution >= 4 is 0 Å². The van der Waals surface area contributed by atoms with Crippen LogP contribution in [0.3, 0.4) is 0 Å². The zero-order valence-corrected chi connectivity index (χ0v) is 10.5. The van der Waals surface area contributed by atoms with Crippen molar-refractivity contribution in [2.75, 3.05) is 13.2 Å². The van der Waals surface area contributed by atoms with Crippen LogP contribution in [0.15, 0.2) is 24.3 Å². The Hall–Kier alpha value is -1.02. The number of nitrogens with one attached hydrogen (secondary N) is 1. The Morgan fingerprint density at radius 2 is 2.18 bits per heavy atom. The lowest BCUT2D eigenvalue weighted by Crippen LogP contribution is -2.33. The fraction of sp³-hybridized carbons (Fsp3) is 0.600. The zero-order valence-electron chi connectivity index (χ0n) is 10.5. The van der Waals surface area contributed by atoms with Crippen molar-refractivity contribution in [3.8, 4) is 5.75 Å². The number of hydrogen-bond acceptors (Lipinski definition) is 2. The van der Waals surface area contributed by atoms with Crippen molar-refractivity contribution in [3.05, 3.63) is 29.8 Å². The summed E-state index contributed by atoms with van der Waals surface area (Å²) in [6, 6.07) is 8.51. The largest absolute Gasteiger partial charge is 0.493 e. The molecule has 1 unspecified atom stereocenters. The second-order valence-corrected chi connectivity index (χ2v) is 5.61. The van der Waals surface area contributed by atoms with Crippen LogP contribution in [0.5, 0.6) is 5.75 Å². The summed E-state index contributed by atoms with van der Waals surface area (Å²) in [5, 5.41) is 3.61. The van der Waals surface area contributed by atoms with Gasteiger partial charge < -0.3 is 10.1 Å². The molecule has 0 bridgehead atoms. The van der Waals surface area contributed by atoms with Crippen molar-refractivity contribution in [2.24, 2.45) is 5.92 Å². The van der Waals surface area contributed by atoms with Crippen LogP contribution in [0.4, 0.5) is 0 Å². The summed E-state index contributed by atoms with van der Waals surface area (Å²) < 4.78 is 6.00. The topological polar surface area (TPSA) is 21.3 Å². The van der Waals surface area contributed by atoms with Crippen LogP contribution in [-0.2, 0) is 5.54 Å². The minimum atomic E-state index is 0.111. The SMILES string of the molecule is CC1(c2ccccc2OCC2CC2)CCCN1. The van der Waals surface area contributed by atoms with E-state index in [1.807, 2.05) is 0 Å². The van der Waals surface area contributed by atoms with Gasteiger partial charge in [-0.25, -0.2) is 0 Å². The maximum atomic E-state index is 6.00. The van der Waals surface area contributed by atoms with Gasteiger partial charge >= 0.3 is 0 Å². The van der Waals surface area contributed by atoms with Crippen molar-refractivity contribution in [3.63, 3.8) is 0 Å². The normalized spacial score (nSPS) is 28.3. The molecular weight excluding hydrogens is 210 g/mol. The molecule has 0 aromatic heterocycles. The van der Waals surface area contributed by atoms with E-state index in [2.05, 4.69) is 36.5 Å². The molecule has 1 heterocycles. The molecule has 3 rings (SSSR count). The van der Waals surface area contributed by atoms with E-state index in [-0.39, 0.29) is 5.54 Å². The average Bonchev–Trinajstić information content (AvgIpc) is 3.08. The summed E-state index contributed by atoms with van der Waals surface area (Å²) in [6.45, 7) is 4.31.